The zero-order valence-corrected chi connectivity index (χ0v) is 18.7. The molecule has 0 saturated heterocycles. The van der Waals surface area contributed by atoms with E-state index in [9.17, 15) is 22.0 Å². The van der Waals surface area contributed by atoms with Crippen molar-refractivity contribution in [1.29, 1.82) is 0 Å². The van der Waals surface area contributed by atoms with E-state index in [0.717, 1.165) is 43.2 Å². The highest BCUT2D eigenvalue weighted by atomic mass is 32.2. The maximum absolute atomic E-state index is 15.3. The molecule has 0 unspecified atom stereocenters. The van der Waals surface area contributed by atoms with Crippen molar-refractivity contribution in [3.8, 4) is 0 Å². The zero-order valence-electron chi connectivity index (χ0n) is 17.8. The van der Waals surface area contributed by atoms with Gasteiger partial charge >= 0.3 is 0 Å². The summed E-state index contributed by atoms with van der Waals surface area (Å²) in [5.74, 6) is -3.91. The smallest absolute Gasteiger partial charge is 0.279 e. The topological polar surface area (TPSA) is 130 Å². The normalized spacial score (nSPS) is 13.7. The fourth-order valence-electron chi connectivity index (χ4n) is 3.55. The Bertz CT molecular complexity index is 1570. The number of nitrogens with zero attached hydrogens (tertiary/aromatic N) is 3. The number of halogens is 3. The van der Waals surface area contributed by atoms with Gasteiger partial charge < -0.3 is 10.3 Å². The lowest BCUT2D eigenvalue weighted by Crippen LogP contribution is -2.18. The second-order valence-corrected chi connectivity index (χ2v) is 9.62. The highest BCUT2D eigenvalue weighted by molar-refractivity contribution is 7.92. The molecule has 13 heteroatoms. The van der Waals surface area contributed by atoms with Gasteiger partial charge in [-0.3, -0.25) is 9.52 Å². The molecule has 3 N–H and O–H groups in total. The summed E-state index contributed by atoms with van der Waals surface area (Å²) in [4.78, 5) is 27.5. The van der Waals surface area contributed by atoms with Crippen molar-refractivity contribution in [2.45, 2.75) is 17.9 Å². The van der Waals surface area contributed by atoms with Crippen LogP contribution in [0.2, 0.25) is 0 Å². The van der Waals surface area contributed by atoms with Gasteiger partial charge in [-0.15, -0.1) is 0 Å². The van der Waals surface area contributed by atoms with Crippen LogP contribution in [0.15, 0.2) is 47.9 Å². The lowest BCUT2D eigenvalue weighted by atomic mass is 10.0. The molecule has 3 heterocycles. The second-order valence-electron chi connectivity index (χ2n) is 7.99. The highest BCUT2D eigenvalue weighted by Crippen LogP contribution is 2.32. The third kappa shape index (κ3) is 4.41. The molecular formula is C22H17F3N6O3S. The third-order valence-corrected chi connectivity index (χ3v) is 6.76. The van der Waals surface area contributed by atoms with Crippen LogP contribution in [0.3, 0.4) is 0 Å². The number of anilines is 2. The number of benzene rings is 1. The maximum atomic E-state index is 15.3. The standard InChI is InChI=1S/C22H17F3N6O3S/c23-13-6-7-14(31-35(33,34)16-3-1-2-15(24)30-16)19(25)18(13)20(32)12-9-27-22-17(12)21(28-10-29-22)26-8-11-4-5-11/h1-3,6-7,9-11,31H,4-5,8H2,(H2,26,27,28,29). The molecule has 4 aromatic rings. The number of sulfonamides is 1. The molecule has 1 aromatic carbocycles. The Morgan fingerprint density at radius 2 is 1.91 bits per heavy atom. The summed E-state index contributed by atoms with van der Waals surface area (Å²) in [6.45, 7) is 0.624. The van der Waals surface area contributed by atoms with E-state index in [-0.39, 0.29) is 16.6 Å². The van der Waals surface area contributed by atoms with Gasteiger partial charge in [-0.2, -0.15) is 12.8 Å². The predicted octanol–water partition coefficient (Wildman–Crippen LogP) is 3.62. The van der Waals surface area contributed by atoms with Gasteiger partial charge in [0.15, 0.2) is 10.8 Å². The molecular weight excluding hydrogens is 485 g/mol. The number of nitrogens with one attached hydrogen (secondary N) is 3. The van der Waals surface area contributed by atoms with Crippen molar-refractivity contribution in [3.63, 3.8) is 0 Å². The number of rotatable bonds is 8. The maximum Gasteiger partial charge on any atom is 0.279 e. The summed E-state index contributed by atoms with van der Waals surface area (Å²) in [5, 5.41) is 2.68. The quantitative estimate of drug-likeness (QED) is 0.248. The summed E-state index contributed by atoms with van der Waals surface area (Å²) in [5.41, 5.74) is -1.49. The fraction of sp³-hybridized carbons (Fsp3) is 0.182. The van der Waals surface area contributed by atoms with Crippen LogP contribution in [0.5, 0.6) is 0 Å². The number of hydrogen-bond donors (Lipinski definition) is 3. The van der Waals surface area contributed by atoms with Crippen molar-refractivity contribution in [1.82, 2.24) is 19.9 Å². The van der Waals surface area contributed by atoms with Gasteiger partial charge in [0.1, 0.15) is 23.6 Å². The van der Waals surface area contributed by atoms with Crippen LogP contribution in [0.4, 0.5) is 24.7 Å². The number of aromatic amines is 1. The Labute approximate surface area is 196 Å². The molecule has 5 rings (SSSR count). The first kappa shape index (κ1) is 22.8. The van der Waals surface area contributed by atoms with Crippen molar-refractivity contribution >= 4 is 38.3 Å². The molecule has 0 aliphatic heterocycles. The number of pyridine rings is 1. The Morgan fingerprint density at radius 3 is 2.66 bits per heavy atom. The summed E-state index contributed by atoms with van der Waals surface area (Å²) >= 11 is 0. The first-order valence-electron chi connectivity index (χ1n) is 10.5. The van der Waals surface area contributed by atoms with Crippen LogP contribution in [-0.2, 0) is 10.0 Å². The fourth-order valence-corrected chi connectivity index (χ4v) is 4.57. The van der Waals surface area contributed by atoms with Crippen LogP contribution < -0.4 is 10.0 Å². The molecule has 9 nitrogen and oxygen atoms in total. The van der Waals surface area contributed by atoms with Gasteiger partial charge in [0, 0.05) is 12.7 Å². The van der Waals surface area contributed by atoms with Gasteiger partial charge in [0.25, 0.3) is 10.0 Å². The molecule has 0 amide bonds. The van der Waals surface area contributed by atoms with Crippen molar-refractivity contribution in [2.24, 2.45) is 5.92 Å². The van der Waals surface area contributed by atoms with E-state index in [4.69, 9.17) is 0 Å². The molecule has 0 spiro atoms. The number of H-pyrrole nitrogens is 1. The molecule has 1 aliphatic rings. The van der Waals surface area contributed by atoms with E-state index in [0.29, 0.717) is 18.3 Å². The van der Waals surface area contributed by atoms with Crippen LogP contribution in [0.25, 0.3) is 11.0 Å². The van der Waals surface area contributed by atoms with Gasteiger partial charge in [-0.05, 0) is 43.0 Å². The van der Waals surface area contributed by atoms with Gasteiger partial charge in [-0.25, -0.2) is 23.7 Å². The predicted molar refractivity (Wildman–Crippen MR) is 120 cm³/mol. The summed E-state index contributed by atoms with van der Waals surface area (Å²) in [6, 6.07) is 4.62. The average Bonchev–Trinajstić information content (AvgIpc) is 3.55. The lowest BCUT2D eigenvalue weighted by molar-refractivity contribution is 0.103. The van der Waals surface area contributed by atoms with Gasteiger partial charge in [-0.1, -0.05) is 6.07 Å². The second kappa shape index (κ2) is 8.65. The van der Waals surface area contributed by atoms with Crippen LogP contribution in [0.1, 0.15) is 28.8 Å². The first-order chi connectivity index (χ1) is 16.7. The molecule has 1 saturated carbocycles. The molecule has 1 aliphatic carbocycles. The third-order valence-electron chi connectivity index (χ3n) is 5.50. The average molecular weight is 502 g/mol. The van der Waals surface area contributed by atoms with Crippen molar-refractivity contribution < 1.29 is 26.4 Å². The molecule has 3 aromatic heterocycles. The van der Waals surface area contributed by atoms with Crippen LogP contribution in [-0.4, -0.2) is 40.7 Å². The van der Waals surface area contributed by atoms with Gasteiger partial charge in [0.05, 0.1) is 22.2 Å². The number of ketones is 1. The van der Waals surface area contributed by atoms with Crippen molar-refractivity contribution in [2.75, 3.05) is 16.6 Å². The van der Waals surface area contributed by atoms with E-state index in [1.807, 2.05) is 4.72 Å². The Kier molecular flexibility index (Phi) is 5.63. The van der Waals surface area contributed by atoms with Crippen LogP contribution >= 0.6 is 0 Å². The Morgan fingerprint density at radius 1 is 1.11 bits per heavy atom. The van der Waals surface area contributed by atoms with E-state index < -0.39 is 49.7 Å². The van der Waals surface area contributed by atoms with E-state index in [1.54, 1.807) is 0 Å². The van der Waals surface area contributed by atoms with E-state index >= 15 is 4.39 Å². The number of aromatic nitrogens is 4. The molecule has 0 atom stereocenters. The van der Waals surface area contributed by atoms with Crippen molar-refractivity contribution in [3.05, 3.63) is 71.6 Å². The lowest BCUT2D eigenvalue weighted by Gasteiger charge is -2.12. The zero-order chi connectivity index (χ0) is 24.7. The number of carbonyl (C=O) groups excluding carboxylic acids is 1. The summed E-state index contributed by atoms with van der Waals surface area (Å²) < 4.78 is 70.3. The molecule has 0 bridgehead atoms. The minimum absolute atomic E-state index is 0.0940. The SMILES string of the molecule is O=C(c1c(F)ccc(NS(=O)(=O)c2cccc(F)n2)c1F)c1c[nH]c2ncnc(NCC3CC3)c12. The van der Waals surface area contributed by atoms with E-state index in [2.05, 4.69) is 25.3 Å². The minimum atomic E-state index is -4.53. The highest BCUT2D eigenvalue weighted by Gasteiger charge is 2.28. The molecule has 35 heavy (non-hydrogen) atoms. The Hall–Kier alpha value is -4.00. The van der Waals surface area contributed by atoms with Crippen LogP contribution in [0, 0.1) is 23.5 Å². The molecule has 0 radical (unpaired) electrons. The minimum Gasteiger partial charge on any atom is -0.369 e. The Balaban J connectivity index is 1.53. The number of hydrogen-bond acceptors (Lipinski definition) is 7. The summed E-state index contributed by atoms with van der Waals surface area (Å²) in [6.07, 6.45) is 4.70. The number of carbonyl (C=O) groups is 1. The molecule has 1 fully saturated rings. The van der Waals surface area contributed by atoms with Gasteiger partial charge in [0.2, 0.25) is 11.7 Å². The first-order valence-corrected chi connectivity index (χ1v) is 12.0. The number of fused-ring (bicyclic) bond motifs is 1. The molecule has 180 valence electrons. The summed E-state index contributed by atoms with van der Waals surface area (Å²) in [7, 11) is -4.53. The largest absolute Gasteiger partial charge is 0.369 e. The monoisotopic (exact) mass is 502 g/mol. The van der Waals surface area contributed by atoms with E-state index in [1.165, 1.54) is 12.5 Å².